The van der Waals surface area contributed by atoms with Crippen molar-refractivity contribution in [2.45, 2.75) is 6.42 Å². The first-order valence-electron chi connectivity index (χ1n) is 9.98. The van der Waals surface area contributed by atoms with E-state index in [1.165, 1.54) is 43.7 Å². The molecule has 3 rings (SSSR count). The molecule has 3 aromatic rings. The van der Waals surface area contributed by atoms with Crippen LogP contribution in [0, 0.1) is 0 Å². The molecular weight excluding hydrogens is 428 g/mol. The minimum absolute atomic E-state index is 0.0543. The van der Waals surface area contributed by atoms with Crippen LogP contribution in [0.4, 0.5) is 26.7 Å². The first-order valence-corrected chi connectivity index (χ1v) is 9.98. The van der Waals surface area contributed by atoms with Crippen molar-refractivity contribution in [1.29, 1.82) is 0 Å². The fraction of sp³-hybridized carbons (Fsp3) is 0.238. The summed E-state index contributed by atoms with van der Waals surface area (Å²) >= 11 is 0. The molecule has 12 heteroatoms. The van der Waals surface area contributed by atoms with Gasteiger partial charge in [0.1, 0.15) is 5.69 Å². The summed E-state index contributed by atoms with van der Waals surface area (Å²) in [5, 5.41) is 2.72. The van der Waals surface area contributed by atoms with Crippen LogP contribution in [0.1, 0.15) is 16.9 Å². The van der Waals surface area contributed by atoms with E-state index < -0.39 is 11.9 Å². The molecule has 0 unspecified atom stereocenters. The summed E-state index contributed by atoms with van der Waals surface area (Å²) in [6.45, 7) is 0.184. The third kappa shape index (κ3) is 5.23. The molecule has 0 radical (unpaired) electrons. The highest BCUT2D eigenvalue weighted by Gasteiger charge is 2.18. The Balaban J connectivity index is 1.65. The molecule has 0 atom stereocenters. The lowest BCUT2D eigenvalue weighted by atomic mass is 10.3. The van der Waals surface area contributed by atoms with Gasteiger partial charge in [-0.3, -0.25) is 23.6 Å². The summed E-state index contributed by atoms with van der Waals surface area (Å²) in [5.41, 5.74) is 12.6. The zero-order valence-electron chi connectivity index (χ0n) is 18.6. The van der Waals surface area contributed by atoms with Crippen molar-refractivity contribution < 1.29 is 19.2 Å². The van der Waals surface area contributed by atoms with E-state index in [1.807, 2.05) is 0 Å². The summed E-state index contributed by atoms with van der Waals surface area (Å²) < 4.78 is 4.23. The first-order chi connectivity index (χ1) is 15.6. The van der Waals surface area contributed by atoms with Crippen LogP contribution in [0.5, 0.6) is 0 Å². The fourth-order valence-corrected chi connectivity index (χ4v) is 3.16. The molecule has 0 saturated heterocycles. The van der Waals surface area contributed by atoms with Crippen molar-refractivity contribution in [3.63, 3.8) is 0 Å². The number of carbonyl (C=O) groups excluding carboxylic acids is 4. The molecule has 0 aliphatic rings. The van der Waals surface area contributed by atoms with Crippen molar-refractivity contribution >= 4 is 40.9 Å². The number of nitrogen functional groups attached to an aromatic ring is 1. The van der Waals surface area contributed by atoms with Crippen LogP contribution in [0.25, 0.3) is 0 Å². The number of hydrogen-bond acceptors (Lipinski definition) is 5. The molecule has 0 saturated carbocycles. The van der Waals surface area contributed by atoms with Crippen molar-refractivity contribution in [1.82, 2.24) is 18.6 Å². The average molecular weight is 454 g/mol. The van der Waals surface area contributed by atoms with E-state index in [1.54, 1.807) is 50.1 Å². The molecule has 0 aliphatic carbocycles. The van der Waals surface area contributed by atoms with Crippen LogP contribution < -0.4 is 21.7 Å². The molecular formula is C21H26N8O4. The number of hydrogen-bond donors (Lipinski definition) is 3. The van der Waals surface area contributed by atoms with Gasteiger partial charge in [0.25, 0.3) is 5.91 Å². The number of aromatic nitrogens is 3. The fourth-order valence-electron chi connectivity index (χ4n) is 3.16. The second kappa shape index (κ2) is 9.34. The van der Waals surface area contributed by atoms with Crippen LogP contribution in [-0.2, 0) is 11.8 Å². The number of anilines is 3. The third-order valence-corrected chi connectivity index (χ3v) is 5.02. The minimum Gasteiger partial charge on any atom is -0.397 e. The molecule has 12 nitrogen and oxygen atoms in total. The minimum atomic E-state index is -0.497. The third-order valence-electron chi connectivity index (χ3n) is 5.02. The lowest BCUT2D eigenvalue weighted by Crippen LogP contribution is -2.33. The molecule has 3 heterocycles. The van der Waals surface area contributed by atoms with Crippen LogP contribution in [-0.4, -0.2) is 63.1 Å². The molecule has 3 aromatic heterocycles. The van der Waals surface area contributed by atoms with Crippen molar-refractivity contribution in [3.8, 4) is 0 Å². The van der Waals surface area contributed by atoms with Crippen molar-refractivity contribution in [2.75, 3.05) is 36.6 Å². The zero-order valence-corrected chi connectivity index (χ0v) is 18.6. The summed E-state index contributed by atoms with van der Waals surface area (Å²) in [6, 6.07) is 4.01. The van der Waals surface area contributed by atoms with Gasteiger partial charge in [0.05, 0.1) is 17.1 Å². The molecule has 0 fully saturated rings. The van der Waals surface area contributed by atoms with E-state index in [0.717, 1.165) is 0 Å². The normalized spacial score (nSPS) is 10.6. The zero-order chi connectivity index (χ0) is 24.3. The predicted octanol–water partition coefficient (Wildman–Crippen LogP) is 1.34. The van der Waals surface area contributed by atoms with E-state index in [4.69, 9.17) is 11.5 Å². The van der Waals surface area contributed by atoms with Crippen LogP contribution in [0.3, 0.4) is 0 Å². The number of nitrogens with zero attached hydrogens (tertiary/aromatic N) is 5. The van der Waals surface area contributed by atoms with Gasteiger partial charge in [-0.05, 0) is 18.2 Å². The van der Waals surface area contributed by atoms with E-state index >= 15 is 0 Å². The van der Waals surface area contributed by atoms with Crippen molar-refractivity contribution in [2.24, 2.45) is 12.8 Å². The van der Waals surface area contributed by atoms with Crippen LogP contribution in [0.2, 0.25) is 0 Å². The van der Waals surface area contributed by atoms with Crippen molar-refractivity contribution in [3.05, 3.63) is 54.9 Å². The van der Waals surface area contributed by atoms with E-state index in [2.05, 4.69) is 5.32 Å². The Morgan fingerprint density at radius 2 is 1.67 bits per heavy atom. The maximum absolute atomic E-state index is 12.9. The Morgan fingerprint density at radius 3 is 2.30 bits per heavy atom. The Hall–Kier alpha value is -4.48. The number of carbonyl (C=O) groups is 4. The van der Waals surface area contributed by atoms with Gasteiger partial charge < -0.3 is 26.3 Å². The largest absolute Gasteiger partial charge is 0.397 e. The molecule has 33 heavy (non-hydrogen) atoms. The Bertz CT molecular complexity index is 1200. The molecule has 5 N–H and O–H groups in total. The number of aryl methyl sites for hydroxylation is 1. The maximum atomic E-state index is 12.9. The SMILES string of the molecule is CN(CCC(N)=O)C(=O)n1ccc(N(C)C(=O)n2ccc(NC(=O)c3cc(N)cn3C)c2)c1. The monoisotopic (exact) mass is 454 g/mol. The highest BCUT2D eigenvalue weighted by molar-refractivity contribution is 6.04. The van der Waals surface area contributed by atoms with E-state index in [9.17, 15) is 19.2 Å². The summed E-state index contributed by atoms with van der Waals surface area (Å²) in [5.74, 6) is -0.855. The number of primary amides is 1. The molecule has 0 aromatic carbocycles. The van der Waals surface area contributed by atoms with Gasteiger partial charge in [0, 0.05) is 65.1 Å². The Labute approximate surface area is 189 Å². The molecule has 0 aliphatic heterocycles. The lowest BCUT2D eigenvalue weighted by Gasteiger charge is -2.17. The number of amides is 4. The predicted molar refractivity (Wildman–Crippen MR) is 123 cm³/mol. The standard InChI is InChI=1S/C21H26N8O4/c1-25(7-6-18(23)30)20(32)29-9-5-16(13-29)27(3)21(33)28-8-4-15(12-28)24-19(31)17-10-14(22)11-26(17)2/h4-5,8-13H,6-7,22H2,1-3H3,(H2,23,30)(H,24,31). The topological polar surface area (TPSA) is 154 Å². The van der Waals surface area contributed by atoms with Gasteiger partial charge in [-0.1, -0.05) is 0 Å². The smallest absolute Gasteiger partial charge is 0.332 e. The summed E-state index contributed by atoms with van der Waals surface area (Å²) in [4.78, 5) is 51.4. The number of nitrogens with two attached hydrogens (primary N) is 2. The van der Waals surface area contributed by atoms with Gasteiger partial charge in [-0.2, -0.15) is 0 Å². The quantitative estimate of drug-likeness (QED) is 0.513. The summed E-state index contributed by atoms with van der Waals surface area (Å²) in [7, 11) is 4.83. The highest BCUT2D eigenvalue weighted by Crippen LogP contribution is 2.18. The maximum Gasteiger partial charge on any atom is 0.332 e. The first kappa shape index (κ1) is 23.2. The van der Waals surface area contributed by atoms with Gasteiger partial charge in [0.15, 0.2) is 0 Å². The van der Waals surface area contributed by atoms with E-state index in [0.29, 0.717) is 22.8 Å². The van der Waals surface area contributed by atoms with Crippen LogP contribution in [0.15, 0.2) is 49.2 Å². The summed E-state index contributed by atoms with van der Waals surface area (Å²) in [6.07, 6.45) is 7.72. The van der Waals surface area contributed by atoms with Gasteiger partial charge in [0.2, 0.25) is 5.91 Å². The number of rotatable bonds is 6. The second-order valence-corrected chi connectivity index (χ2v) is 7.57. The van der Waals surface area contributed by atoms with E-state index in [-0.39, 0.29) is 24.9 Å². The Kier molecular flexibility index (Phi) is 6.56. The number of nitrogens with one attached hydrogen (secondary N) is 1. The van der Waals surface area contributed by atoms with Gasteiger partial charge in [-0.25, -0.2) is 9.59 Å². The van der Waals surface area contributed by atoms with Crippen LogP contribution >= 0.6 is 0 Å². The lowest BCUT2D eigenvalue weighted by molar-refractivity contribution is -0.118. The van der Waals surface area contributed by atoms with Gasteiger partial charge >= 0.3 is 12.1 Å². The molecule has 174 valence electrons. The second-order valence-electron chi connectivity index (χ2n) is 7.57. The highest BCUT2D eigenvalue weighted by atomic mass is 16.2. The Morgan fingerprint density at radius 1 is 1.00 bits per heavy atom. The molecule has 0 bridgehead atoms. The molecule has 4 amide bonds. The average Bonchev–Trinajstić information content (AvgIpc) is 3.50. The van der Waals surface area contributed by atoms with Gasteiger partial charge in [-0.15, -0.1) is 0 Å². The molecule has 0 spiro atoms.